The van der Waals surface area contributed by atoms with Crippen LogP contribution in [0, 0.1) is 6.92 Å². The maximum absolute atomic E-state index is 12.8. The number of rotatable bonds is 9. The minimum atomic E-state index is -1.19. The average Bonchev–Trinajstić information content (AvgIpc) is 3.14. The molecule has 0 aliphatic rings. The second-order valence-corrected chi connectivity index (χ2v) is 8.16. The summed E-state index contributed by atoms with van der Waals surface area (Å²) in [5.41, 5.74) is 2.88. The van der Waals surface area contributed by atoms with Gasteiger partial charge in [-0.3, -0.25) is 4.90 Å². The molecule has 0 aliphatic carbocycles. The van der Waals surface area contributed by atoms with E-state index in [2.05, 4.69) is 5.32 Å². The van der Waals surface area contributed by atoms with E-state index in [-0.39, 0.29) is 16.7 Å². The van der Waals surface area contributed by atoms with E-state index in [0.717, 1.165) is 16.9 Å². The number of benzene rings is 2. The summed E-state index contributed by atoms with van der Waals surface area (Å²) in [5.74, 6) is -2.34. The molecule has 172 valence electrons. The van der Waals surface area contributed by atoms with Gasteiger partial charge in [0, 0.05) is 29.2 Å². The van der Waals surface area contributed by atoms with Crippen LogP contribution in [0.4, 0.5) is 10.5 Å². The van der Waals surface area contributed by atoms with Gasteiger partial charge in [-0.05, 0) is 37.1 Å². The molecule has 0 fully saturated rings. The van der Waals surface area contributed by atoms with Gasteiger partial charge in [0.1, 0.15) is 5.75 Å². The highest BCUT2D eigenvalue weighted by molar-refractivity contribution is 7.18. The summed E-state index contributed by atoms with van der Waals surface area (Å²) in [7, 11) is 0. The third kappa shape index (κ3) is 5.69. The minimum absolute atomic E-state index is 0.0447. The molecule has 0 saturated carbocycles. The Hall–Kier alpha value is -3.85. The molecule has 9 heteroatoms. The lowest BCUT2D eigenvalue weighted by Crippen LogP contribution is -2.39. The summed E-state index contributed by atoms with van der Waals surface area (Å²) in [6.45, 7) is 3.74. The van der Waals surface area contributed by atoms with Gasteiger partial charge in [-0.1, -0.05) is 42.5 Å². The van der Waals surface area contributed by atoms with Crippen LogP contribution in [0.25, 0.3) is 10.4 Å². The van der Waals surface area contributed by atoms with Crippen LogP contribution in [-0.4, -0.2) is 41.3 Å². The number of amides is 2. The number of carboxylic acid groups (broad SMARTS) is 2. The van der Waals surface area contributed by atoms with E-state index >= 15 is 0 Å². The Morgan fingerprint density at radius 1 is 1.06 bits per heavy atom. The first-order chi connectivity index (χ1) is 15.8. The van der Waals surface area contributed by atoms with Crippen molar-refractivity contribution < 1.29 is 29.3 Å². The summed E-state index contributed by atoms with van der Waals surface area (Å²) in [4.78, 5) is 37.6. The summed E-state index contributed by atoms with van der Waals surface area (Å²) in [6.07, 6.45) is 0. The van der Waals surface area contributed by atoms with Gasteiger partial charge in [0.15, 0.2) is 11.5 Å². The van der Waals surface area contributed by atoms with Crippen LogP contribution < -0.4 is 15.0 Å². The highest BCUT2D eigenvalue weighted by Gasteiger charge is 2.24. The van der Waals surface area contributed by atoms with Crippen LogP contribution in [0.5, 0.6) is 5.75 Å². The first-order valence-corrected chi connectivity index (χ1v) is 11.0. The lowest BCUT2D eigenvalue weighted by Gasteiger charge is -2.22. The smallest absolute Gasteiger partial charge is 0.349 e. The zero-order valence-electron chi connectivity index (χ0n) is 18.2. The maximum atomic E-state index is 12.8. The zero-order chi connectivity index (χ0) is 24.0. The normalized spacial score (nSPS) is 10.5. The molecule has 1 heterocycles. The van der Waals surface area contributed by atoms with Gasteiger partial charge in [-0.25, -0.2) is 14.4 Å². The number of thiophene rings is 1. The molecule has 8 nitrogen and oxygen atoms in total. The van der Waals surface area contributed by atoms with Gasteiger partial charge in [-0.15, -0.1) is 11.3 Å². The summed E-state index contributed by atoms with van der Waals surface area (Å²) in [6, 6.07) is 16.5. The SMILES string of the molecule is CCN(C(=O)NCc1ccccc1)c1cccc(-c2sc(C(=O)O)c(OCC(=O)O)c2C)c1. The van der Waals surface area contributed by atoms with Crippen LogP contribution in [0.2, 0.25) is 0 Å². The Bertz CT molecular complexity index is 1160. The highest BCUT2D eigenvalue weighted by Crippen LogP contribution is 2.42. The maximum Gasteiger partial charge on any atom is 0.349 e. The van der Waals surface area contributed by atoms with Crippen LogP contribution in [0.1, 0.15) is 27.7 Å². The third-order valence-corrected chi connectivity index (χ3v) is 6.20. The number of nitrogens with one attached hydrogen (secondary N) is 1. The lowest BCUT2D eigenvalue weighted by molar-refractivity contribution is -0.139. The molecule has 1 aromatic heterocycles. The van der Waals surface area contributed by atoms with Crippen LogP contribution in [-0.2, 0) is 11.3 Å². The second-order valence-electron chi connectivity index (χ2n) is 7.14. The average molecular weight is 469 g/mol. The number of aliphatic carboxylic acids is 1. The molecule has 2 aromatic carbocycles. The standard InChI is InChI=1S/C24H24N2O6S/c1-3-26(24(31)25-13-16-8-5-4-6-9-16)18-11-7-10-17(12-18)21-15(2)20(32-14-19(27)28)22(33-21)23(29)30/h4-12H,3,13-14H2,1-2H3,(H,25,31)(H,27,28)(H,29,30). The van der Waals surface area contributed by atoms with Crippen molar-refractivity contribution in [2.45, 2.75) is 20.4 Å². The van der Waals surface area contributed by atoms with Gasteiger partial charge < -0.3 is 20.3 Å². The quantitative estimate of drug-likeness (QED) is 0.422. The lowest BCUT2D eigenvalue weighted by atomic mass is 10.1. The number of carboxylic acids is 2. The number of carbonyl (C=O) groups is 3. The number of anilines is 1. The third-order valence-electron chi connectivity index (χ3n) is 4.89. The molecule has 3 rings (SSSR count). The van der Waals surface area contributed by atoms with E-state index < -0.39 is 18.5 Å². The molecule has 2 amide bonds. The molecule has 0 bridgehead atoms. The van der Waals surface area contributed by atoms with Crippen molar-refractivity contribution in [2.75, 3.05) is 18.1 Å². The molecule has 0 unspecified atom stereocenters. The number of aromatic carboxylic acids is 1. The molecule has 0 aliphatic heterocycles. The molecule has 0 spiro atoms. The van der Waals surface area contributed by atoms with E-state index in [1.807, 2.05) is 43.3 Å². The fraction of sp³-hybridized carbons (Fsp3) is 0.208. The minimum Gasteiger partial charge on any atom is -0.480 e. The predicted octanol–water partition coefficient (Wildman–Crippen LogP) is 4.62. The van der Waals surface area contributed by atoms with Gasteiger partial charge in [0.2, 0.25) is 0 Å². The molecule has 0 saturated heterocycles. The number of ether oxygens (including phenoxy) is 1. The molecule has 0 radical (unpaired) electrons. The number of hydrogen-bond donors (Lipinski definition) is 3. The van der Waals surface area contributed by atoms with Gasteiger partial charge in [-0.2, -0.15) is 0 Å². The molecule has 3 aromatic rings. The van der Waals surface area contributed by atoms with Crippen molar-refractivity contribution >= 4 is 35.0 Å². The van der Waals surface area contributed by atoms with E-state index in [9.17, 15) is 19.5 Å². The van der Waals surface area contributed by atoms with E-state index in [4.69, 9.17) is 9.84 Å². The van der Waals surface area contributed by atoms with Gasteiger partial charge in [0.05, 0.1) is 0 Å². The molecular weight excluding hydrogens is 444 g/mol. The predicted molar refractivity (Wildman–Crippen MR) is 126 cm³/mol. The van der Waals surface area contributed by atoms with Crippen molar-refractivity contribution in [1.82, 2.24) is 5.32 Å². The molecule has 3 N–H and O–H groups in total. The Morgan fingerprint density at radius 2 is 1.79 bits per heavy atom. The molecule has 33 heavy (non-hydrogen) atoms. The van der Waals surface area contributed by atoms with Crippen LogP contribution >= 0.6 is 11.3 Å². The molecular formula is C24H24N2O6S. The van der Waals surface area contributed by atoms with E-state index in [1.54, 1.807) is 30.0 Å². The number of urea groups is 1. The summed E-state index contributed by atoms with van der Waals surface area (Å²) >= 11 is 1.01. The van der Waals surface area contributed by atoms with E-state index in [0.29, 0.717) is 34.8 Å². The Labute approximate surface area is 195 Å². The fourth-order valence-corrected chi connectivity index (χ4v) is 4.44. The Kier molecular flexibility index (Phi) is 7.68. The highest BCUT2D eigenvalue weighted by atomic mass is 32.1. The number of nitrogens with zero attached hydrogens (tertiary/aromatic N) is 1. The van der Waals surface area contributed by atoms with Crippen molar-refractivity contribution in [3.63, 3.8) is 0 Å². The number of carbonyl (C=O) groups excluding carboxylic acids is 1. The van der Waals surface area contributed by atoms with Gasteiger partial charge in [0.25, 0.3) is 0 Å². The Morgan fingerprint density at radius 3 is 2.42 bits per heavy atom. The first-order valence-electron chi connectivity index (χ1n) is 10.2. The first kappa shape index (κ1) is 23.8. The second kappa shape index (κ2) is 10.6. The zero-order valence-corrected chi connectivity index (χ0v) is 19.0. The largest absolute Gasteiger partial charge is 0.480 e. The Balaban J connectivity index is 1.87. The van der Waals surface area contributed by atoms with Gasteiger partial charge >= 0.3 is 18.0 Å². The van der Waals surface area contributed by atoms with Crippen LogP contribution in [0.15, 0.2) is 54.6 Å². The fourth-order valence-electron chi connectivity index (χ4n) is 3.35. The van der Waals surface area contributed by atoms with Crippen molar-refractivity contribution in [2.24, 2.45) is 0 Å². The monoisotopic (exact) mass is 468 g/mol. The van der Waals surface area contributed by atoms with Crippen molar-refractivity contribution in [3.05, 3.63) is 70.6 Å². The summed E-state index contributed by atoms with van der Waals surface area (Å²) in [5, 5.41) is 21.4. The topological polar surface area (TPSA) is 116 Å². The molecule has 0 atom stereocenters. The van der Waals surface area contributed by atoms with Crippen LogP contribution in [0.3, 0.4) is 0 Å². The van der Waals surface area contributed by atoms with Crippen molar-refractivity contribution in [3.8, 4) is 16.2 Å². The van der Waals surface area contributed by atoms with E-state index in [1.165, 1.54) is 0 Å². The number of hydrogen-bond acceptors (Lipinski definition) is 5. The summed E-state index contributed by atoms with van der Waals surface area (Å²) < 4.78 is 5.26. The van der Waals surface area contributed by atoms with Crippen molar-refractivity contribution in [1.29, 1.82) is 0 Å².